The predicted octanol–water partition coefficient (Wildman–Crippen LogP) is 4.33. The fourth-order valence-corrected chi connectivity index (χ4v) is 3.49. The van der Waals surface area contributed by atoms with Crippen LogP contribution < -0.4 is 11.3 Å². The van der Waals surface area contributed by atoms with Crippen molar-refractivity contribution < 1.29 is 0 Å². The maximum Gasteiger partial charge on any atom is 0.282 e. The molecule has 1 aromatic carbocycles. The zero-order valence-corrected chi connectivity index (χ0v) is 14.8. The van der Waals surface area contributed by atoms with Crippen LogP contribution in [0.5, 0.6) is 0 Å². The highest BCUT2D eigenvalue weighted by molar-refractivity contribution is 5.90. The van der Waals surface area contributed by atoms with Crippen molar-refractivity contribution in [1.29, 1.82) is 0 Å². The summed E-state index contributed by atoms with van der Waals surface area (Å²) in [5, 5.41) is 0.531. The molecule has 0 saturated heterocycles. The average molecular weight is 323 g/mol. The summed E-state index contributed by atoms with van der Waals surface area (Å²) in [4.78, 5) is 17.0. The lowest BCUT2D eigenvalue weighted by Crippen LogP contribution is -2.25. The molecule has 0 fully saturated rings. The van der Waals surface area contributed by atoms with Crippen LogP contribution >= 0.6 is 0 Å². The van der Waals surface area contributed by atoms with E-state index in [4.69, 9.17) is 5.73 Å². The quantitative estimate of drug-likeness (QED) is 0.855. The minimum Gasteiger partial charge on any atom is -0.398 e. The molecule has 1 aliphatic carbocycles. The van der Waals surface area contributed by atoms with Crippen molar-refractivity contribution in [2.45, 2.75) is 52.5 Å². The van der Waals surface area contributed by atoms with Gasteiger partial charge in [0.25, 0.3) is 5.56 Å². The highest BCUT2D eigenvalue weighted by Gasteiger charge is 2.24. The van der Waals surface area contributed by atoms with Crippen LogP contribution in [0.25, 0.3) is 10.9 Å². The molecule has 1 aliphatic rings. The van der Waals surface area contributed by atoms with Gasteiger partial charge in [0.05, 0.1) is 16.9 Å². The molecule has 4 nitrogen and oxygen atoms in total. The van der Waals surface area contributed by atoms with E-state index in [1.807, 2.05) is 12.1 Å². The van der Waals surface area contributed by atoms with Gasteiger partial charge in [-0.3, -0.25) is 4.79 Å². The molecule has 0 radical (unpaired) electrons. The minimum atomic E-state index is -0.223. The lowest BCUT2D eigenvalue weighted by atomic mass is 9.94. The number of nitrogen functional groups attached to an aromatic ring is 1. The highest BCUT2D eigenvalue weighted by atomic mass is 16.1. The molecule has 0 aliphatic heterocycles. The van der Waals surface area contributed by atoms with Crippen molar-refractivity contribution >= 4 is 16.6 Å². The summed E-state index contributed by atoms with van der Waals surface area (Å²) >= 11 is 0. The summed E-state index contributed by atoms with van der Waals surface area (Å²) < 4.78 is 2.23. The van der Waals surface area contributed by atoms with Gasteiger partial charge in [-0.1, -0.05) is 43.2 Å². The van der Waals surface area contributed by atoms with Gasteiger partial charge in [-0.05, 0) is 38.8 Å². The molecule has 1 aromatic heterocycles. The largest absolute Gasteiger partial charge is 0.398 e. The second-order valence-electron chi connectivity index (χ2n) is 6.78. The highest BCUT2D eigenvalue weighted by Crippen LogP contribution is 2.34. The normalized spacial score (nSPS) is 19.1. The predicted molar refractivity (Wildman–Crippen MR) is 100 cm³/mol. The molecule has 3 rings (SSSR count). The topological polar surface area (TPSA) is 60.9 Å². The number of hydrogen-bond acceptors (Lipinski definition) is 3. The minimum absolute atomic E-state index is 0.176. The van der Waals surface area contributed by atoms with E-state index in [1.54, 1.807) is 6.07 Å². The first-order valence-corrected chi connectivity index (χ1v) is 8.59. The van der Waals surface area contributed by atoms with Crippen molar-refractivity contribution in [2.75, 3.05) is 5.73 Å². The molecule has 2 aromatic rings. The van der Waals surface area contributed by atoms with Crippen molar-refractivity contribution in [3.05, 3.63) is 57.7 Å². The fraction of sp³-hybridized carbons (Fsp3) is 0.400. The third kappa shape index (κ3) is 2.66. The van der Waals surface area contributed by atoms with E-state index >= 15 is 0 Å². The lowest BCUT2D eigenvalue weighted by Gasteiger charge is -2.29. The van der Waals surface area contributed by atoms with E-state index in [9.17, 15) is 4.79 Å². The van der Waals surface area contributed by atoms with Gasteiger partial charge in [0.2, 0.25) is 0 Å². The van der Waals surface area contributed by atoms with E-state index in [2.05, 4.69) is 49.4 Å². The monoisotopic (exact) mass is 323 g/mol. The molecule has 24 heavy (non-hydrogen) atoms. The first kappa shape index (κ1) is 16.5. The maximum atomic E-state index is 12.6. The van der Waals surface area contributed by atoms with E-state index in [0.717, 1.165) is 24.2 Å². The van der Waals surface area contributed by atoms with Crippen molar-refractivity contribution in [3.8, 4) is 0 Å². The molecule has 1 heterocycles. The van der Waals surface area contributed by atoms with Gasteiger partial charge in [0.1, 0.15) is 5.82 Å². The lowest BCUT2D eigenvalue weighted by molar-refractivity contribution is 0.516. The van der Waals surface area contributed by atoms with Crippen LogP contribution in [-0.2, 0) is 0 Å². The van der Waals surface area contributed by atoms with Crippen LogP contribution in [-0.4, -0.2) is 9.55 Å². The maximum absolute atomic E-state index is 12.6. The van der Waals surface area contributed by atoms with Crippen molar-refractivity contribution in [1.82, 2.24) is 9.55 Å². The standard InChI is InChI=1S/C20H25N3O/c1-5-13(3)19-22-20(24)18-15(21)7-6-8-17(18)23(19)16-10-9-12(2)11-14(16)4/h6-9,11,13,16H,5,10,21H2,1-4H3. The molecule has 4 heteroatoms. The van der Waals surface area contributed by atoms with Gasteiger partial charge in [-0.2, -0.15) is 4.98 Å². The third-order valence-electron chi connectivity index (χ3n) is 5.02. The molecule has 2 N–H and O–H groups in total. The molecule has 126 valence electrons. The Hall–Kier alpha value is -2.36. The number of fused-ring (bicyclic) bond motifs is 1. The van der Waals surface area contributed by atoms with Gasteiger partial charge in [-0.15, -0.1) is 0 Å². The Morgan fingerprint density at radius 2 is 2.12 bits per heavy atom. The number of aromatic nitrogens is 2. The molecule has 0 bridgehead atoms. The Morgan fingerprint density at radius 1 is 1.38 bits per heavy atom. The Labute approximate surface area is 142 Å². The van der Waals surface area contributed by atoms with E-state index in [-0.39, 0.29) is 17.5 Å². The Balaban J connectivity index is 2.36. The van der Waals surface area contributed by atoms with Gasteiger partial charge in [0.15, 0.2) is 0 Å². The fourth-order valence-electron chi connectivity index (χ4n) is 3.49. The molecule has 2 unspecified atom stereocenters. The number of benzene rings is 1. The third-order valence-corrected chi connectivity index (χ3v) is 5.02. The molecular weight excluding hydrogens is 298 g/mol. The number of nitrogens with zero attached hydrogens (tertiary/aromatic N) is 2. The van der Waals surface area contributed by atoms with Gasteiger partial charge < -0.3 is 10.3 Å². The van der Waals surface area contributed by atoms with Crippen LogP contribution in [0.2, 0.25) is 0 Å². The van der Waals surface area contributed by atoms with Crippen LogP contribution in [0.3, 0.4) is 0 Å². The number of hydrogen-bond donors (Lipinski definition) is 1. The van der Waals surface area contributed by atoms with E-state index in [1.165, 1.54) is 11.1 Å². The molecule has 0 saturated carbocycles. The first-order valence-electron chi connectivity index (χ1n) is 8.59. The van der Waals surface area contributed by atoms with Crippen molar-refractivity contribution in [2.24, 2.45) is 0 Å². The first-order chi connectivity index (χ1) is 11.4. The summed E-state index contributed by atoms with van der Waals surface area (Å²) in [6.45, 7) is 8.52. The summed E-state index contributed by atoms with van der Waals surface area (Å²) in [5.41, 5.74) is 9.82. The average Bonchev–Trinajstić information content (AvgIpc) is 2.55. The molecule has 0 amide bonds. The number of rotatable bonds is 3. The summed E-state index contributed by atoms with van der Waals surface area (Å²) in [5.74, 6) is 1.06. The molecular formula is C20H25N3O. The Morgan fingerprint density at radius 3 is 2.79 bits per heavy atom. The van der Waals surface area contributed by atoms with Gasteiger partial charge in [-0.25, -0.2) is 0 Å². The summed E-state index contributed by atoms with van der Waals surface area (Å²) in [6, 6.07) is 5.85. The van der Waals surface area contributed by atoms with Crippen LogP contribution in [0.4, 0.5) is 5.69 Å². The SMILES string of the molecule is CCC(C)c1nc(=O)c2c(N)cccc2n1C1CC=C(C)C=C1C. The zero-order chi connectivity index (χ0) is 17.4. The number of anilines is 1. The second-order valence-corrected chi connectivity index (χ2v) is 6.78. The Bertz CT molecular complexity index is 905. The molecule has 2 atom stereocenters. The number of allylic oxidation sites excluding steroid dienone is 4. The Kier molecular flexibility index (Phi) is 4.31. The van der Waals surface area contributed by atoms with E-state index in [0.29, 0.717) is 11.1 Å². The summed E-state index contributed by atoms with van der Waals surface area (Å²) in [7, 11) is 0. The second kappa shape index (κ2) is 6.27. The van der Waals surface area contributed by atoms with Crippen LogP contribution in [0, 0.1) is 0 Å². The van der Waals surface area contributed by atoms with Crippen molar-refractivity contribution in [3.63, 3.8) is 0 Å². The summed E-state index contributed by atoms with van der Waals surface area (Å²) in [6.07, 6.45) is 6.30. The number of nitrogens with two attached hydrogens (primary N) is 1. The van der Waals surface area contributed by atoms with Gasteiger partial charge in [0, 0.05) is 11.6 Å². The molecule has 0 spiro atoms. The zero-order valence-electron chi connectivity index (χ0n) is 14.8. The smallest absolute Gasteiger partial charge is 0.282 e. The van der Waals surface area contributed by atoms with Crippen LogP contribution in [0.1, 0.15) is 58.3 Å². The van der Waals surface area contributed by atoms with Gasteiger partial charge >= 0.3 is 0 Å². The van der Waals surface area contributed by atoms with E-state index < -0.39 is 0 Å². The van der Waals surface area contributed by atoms with Crippen LogP contribution in [0.15, 0.2) is 46.3 Å².